The summed E-state index contributed by atoms with van der Waals surface area (Å²) in [6, 6.07) is 3.68. The first-order valence-corrected chi connectivity index (χ1v) is 9.58. The molecule has 1 atom stereocenters. The maximum Gasteiger partial charge on any atom is 0.243 e. The lowest BCUT2D eigenvalue weighted by atomic mass is 10.1. The van der Waals surface area contributed by atoms with Gasteiger partial charge in [-0.25, -0.2) is 8.42 Å². The predicted octanol–water partition coefficient (Wildman–Crippen LogP) is 1.53. The normalized spacial score (nSPS) is 18.1. The minimum atomic E-state index is -3.71. The molecule has 0 saturated carbocycles. The molecule has 1 aliphatic rings. The summed E-state index contributed by atoms with van der Waals surface area (Å²) in [5.41, 5.74) is 2.40. The van der Waals surface area contributed by atoms with Gasteiger partial charge in [0, 0.05) is 20.2 Å². The largest absolute Gasteiger partial charge is 0.376 e. The Kier molecular flexibility index (Phi) is 6.01. The van der Waals surface area contributed by atoms with Gasteiger partial charge in [0.25, 0.3) is 0 Å². The van der Waals surface area contributed by atoms with E-state index in [1.54, 1.807) is 13.8 Å². The fraction of sp³-hybridized carbons (Fsp3) is 0.588. The Hall–Kier alpha value is -1.44. The monoisotopic (exact) mass is 354 g/mol. The fourth-order valence-electron chi connectivity index (χ4n) is 3.11. The predicted molar refractivity (Wildman–Crippen MR) is 92.5 cm³/mol. The van der Waals surface area contributed by atoms with Crippen molar-refractivity contribution in [2.45, 2.75) is 44.6 Å². The Morgan fingerprint density at radius 3 is 2.46 bits per heavy atom. The maximum absolute atomic E-state index is 12.8. The average molecular weight is 354 g/mol. The molecule has 0 bridgehead atoms. The number of hydrogen-bond donors (Lipinski definition) is 1. The van der Waals surface area contributed by atoms with Gasteiger partial charge in [-0.15, -0.1) is 0 Å². The smallest absolute Gasteiger partial charge is 0.243 e. The number of nitrogens with zero attached hydrogens (tertiary/aromatic N) is 1. The molecule has 0 unspecified atom stereocenters. The minimum absolute atomic E-state index is 0.0393. The average Bonchev–Trinajstić information content (AvgIpc) is 2.96. The summed E-state index contributed by atoms with van der Waals surface area (Å²) in [5.74, 6) is -0.320. The molecule has 134 valence electrons. The molecule has 1 amide bonds. The third kappa shape index (κ3) is 4.34. The number of carbonyl (C=O) groups is 1. The van der Waals surface area contributed by atoms with Crippen molar-refractivity contribution in [3.05, 3.63) is 28.8 Å². The van der Waals surface area contributed by atoms with Crippen molar-refractivity contribution < 1.29 is 17.9 Å². The molecular formula is C17H26N2O4S. The van der Waals surface area contributed by atoms with Gasteiger partial charge in [-0.3, -0.25) is 4.79 Å². The number of rotatable bonds is 6. The van der Waals surface area contributed by atoms with Crippen molar-refractivity contribution in [3.8, 4) is 0 Å². The second-order valence-electron chi connectivity index (χ2n) is 6.43. The lowest BCUT2D eigenvalue weighted by Gasteiger charge is -2.20. The van der Waals surface area contributed by atoms with Gasteiger partial charge in [0.2, 0.25) is 15.9 Å². The third-order valence-corrected chi connectivity index (χ3v) is 6.30. The van der Waals surface area contributed by atoms with Crippen LogP contribution in [0.25, 0.3) is 0 Å². The second kappa shape index (κ2) is 7.63. The van der Waals surface area contributed by atoms with Gasteiger partial charge in [0.05, 0.1) is 17.5 Å². The summed E-state index contributed by atoms with van der Waals surface area (Å²) in [6.45, 7) is 6.42. The second-order valence-corrected chi connectivity index (χ2v) is 8.41. The molecule has 1 aromatic carbocycles. The van der Waals surface area contributed by atoms with Crippen molar-refractivity contribution in [1.29, 1.82) is 0 Å². The summed E-state index contributed by atoms with van der Waals surface area (Å²) in [7, 11) is -2.28. The van der Waals surface area contributed by atoms with Crippen LogP contribution in [0.1, 0.15) is 29.5 Å². The molecule has 1 aromatic rings. The van der Waals surface area contributed by atoms with Gasteiger partial charge in [0.1, 0.15) is 0 Å². The Balaban J connectivity index is 2.04. The van der Waals surface area contributed by atoms with Crippen LogP contribution in [0, 0.1) is 20.8 Å². The van der Waals surface area contributed by atoms with Crippen molar-refractivity contribution in [3.63, 3.8) is 0 Å². The van der Waals surface area contributed by atoms with Crippen molar-refractivity contribution in [2.75, 3.05) is 26.7 Å². The van der Waals surface area contributed by atoms with Crippen molar-refractivity contribution >= 4 is 15.9 Å². The summed E-state index contributed by atoms with van der Waals surface area (Å²) >= 11 is 0. The highest BCUT2D eigenvalue weighted by atomic mass is 32.2. The van der Waals surface area contributed by atoms with Crippen LogP contribution in [0.4, 0.5) is 0 Å². The SMILES string of the molecule is Cc1cc(C)c(S(=O)(=O)N(C)CC(=O)NC[C@@H]2CCCO2)c(C)c1. The molecule has 0 aromatic heterocycles. The first-order chi connectivity index (χ1) is 11.2. The molecule has 0 radical (unpaired) electrons. The summed E-state index contributed by atoms with van der Waals surface area (Å²) in [4.78, 5) is 12.3. The van der Waals surface area contributed by atoms with E-state index in [1.807, 2.05) is 19.1 Å². The molecule has 0 aliphatic carbocycles. The third-order valence-electron chi connectivity index (χ3n) is 4.19. The van der Waals surface area contributed by atoms with Gasteiger partial charge in [-0.1, -0.05) is 17.7 Å². The zero-order chi connectivity index (χ0) is 17.9. The van der Waals surface area contributed by atoms with E-state index in [-0.39, 0.29) is 23.5 Å². The molecule has 7 heteroatoms. The molecule has 0 spiro atoms. The molecule has 1 N–H and O–H groups in total. The van der Waals surface area contributed by atoms with Crippen LogP contribution in [0.2, 0.25) is 0 Å². The van der Waals surface area contributed by atoms with Gasteiger partial charge in [0.15, 0.2) is 0 Å². The minimum Gasteiger partial charge on any atom is -0.376 e. The molecule has 1 saturated heterocycles. The topological polar surface area (TPSA) is 75.7 Å². The number of nitrogens with one attached hydrogen (secondary N) is 1. The molecule has 6 nitrogen and oxygen atoms in total. The lowest BCUT2D eigenvalue weighted by molar-refractivity contribution is -0.121. The Morgan fingerprint density at radius 2 is 1.92 bits per heavy atom. The number of amides is 1. The number of sulfonamides is 1. The van der Waals surface area contributed by atoms with Crippen LogP contribution in [-0.4, -0.2) is 51.5 Å². The highest BCUT2D eigenvalue weighted by Crippen LogP contribution is 2.24. The van der Waals surface area contributed by atoms with Gasteiger partial charge in [-0.05, 0) is 44.7 Å². The Bertz CT molecular complexity index is 686. The van der Waals surface area contributed by atoms with Gasteiger partial charge >= 0.3 is 0 Å². The van der Waals surface area contributed by atoms with E-state index < -0.39 is 10.0 Å². The summed E-state index contributed by atoms with van der Waals surface area (Å²) < 4.78 is 32.1. The zero-order valence-electron chi connectivity index (χ0n) is 14.8. The summed E-state index contributed by atoms with van der Waals surface area (Å²) in [6.07, 6.45) is 1.97. The van der Waals surface area contributed by atoms with Crippen LogP contribution < -0.4 is 5.32 Å². The van der Waals surface area contributed by atoms with Crippen LogP contribution in [0.5, 0.6) is 0 Å². The first kappa shape index (κ1) is 18.9. The highest BCUT2D eigenvalue weighted by molar-refractivity contribution is 7.89. The number of likely N-dealkylation sites (N-methyl/N-ethyl adjacent to an activating group) is 1. The maximum atomic E-state index is 12.8. The molecule has 1 aliphatic heterocycles. The van der Waals surface area contributed by atoms with E-state index in [9.17, 15) is 13.2 Å². The highest BCUT2D eigenvalue weighted by Gasteiger charge is 2.27. The van der Waals surface area contributed by atoms with E-state index in [4.69, 9.17) is 4.74 Å². The van der Waals surface area contributed by atoms with E-state index in [2.05, 4.69) is 5.32 Å². The van der Waals surface area contributed by atoms with Crippen molar-refractivity contribution in [1.82, 2.24) is 9.62 Å². The zero-order valence-corrected chi connectivity index (χ0v) is 15.6. The molecule has 1 fully saturated rings. The van der Waals surface area contributed by atoms with E-state index in [1.165, 1.54) is 7.05 Å². The Morgan fingerprint density at radius 1 is 1.29 bits per heavy atom. The molecular weight excluding hydrogens is 328 g/mol. The molecule has 2 rings (SSSR count). The van der Waals surface area contributed by atoms with Crippen LogP contribution in [-0.2, 0) is 19.6 Å². The molecule has 1 heterocycles. The van der Waals surface area contributed by atoms with Gasteiger partial charge < -0.3 is 10.1 Å². The van der Waals surface area contributed by atoms with Crippen LogP contribution >= 0.6 is 0 Å². The summed E-state index contributed by atoms with van der Waals surface area (Å²) in [5, 5.41) is 2.75. The lowest BCUT2D eigenvalue weighted by Crippen LogP contribution is -2.41. The fourth-order valence-corrected chi connectivity index (χ4v) is 4.64. The first-order valence-electron chi connectivity index (χ1n) is 8.14. The standard InChI is InChI=1S/C17H26N2O4S/c1-12-8-13(2)17(14(3)9-12)24(21,22)19(4)11-16(20)18-10-15-6-5-7-23-15/h8-9,15H,5-7,10-11H2,1-4H3,(H,18,20)/t15-/m0/s1. The number of ether oxygens (including phenoxy) is 1. The van der Waals surface area contributed by atoms with E-state index >= 15 is 0 Å². The van der Waals surface area contributed by atoms with E-state index in [0.29, 0.717) is 17.7 Å². The number of hydrogen-bond acceptors (Lipinski definition) is 4. The number of carbonyl (C=O) groups excluding carboxylic acids is 1. The van der Waals surface area contributed by atoms with Crippen LogP contribution in [0.15, 0.2) is 17.0 Å². The van der Waals surface area contributed by atoms with Crippen LogP contribution in [0.3, 0.4) is 0 Å². The number of benzene rings is 1. The molecule has 24 heavy (non-hydrogen) atoms. The Labute approximate surface area is 144 Å². The van der Waals surface area contributed by atoms with Gasteiger partial charge in [-0.2, -0.15) is 4.31 Å². The number of aryl methyl sites for hydroxylation is 3. The van der Waals surface area contributed by atoms with E-state index in [0.717, 1.165) is 29.3 Å². The quantitative estimate of drug-likeness (QED) is 0.840. The van der Waals surface area contributed by atoms with Crippen molar-refractivity contribution in [2.24, 2.45) is 0 Å².